The maximum Gasteiger partial charge on any atom is 0.261 e. The van der Waals surface area contributed by atoms with Crippen molar-refractivity contribution in [3.63, 3.8) is 0 Å². The van der Waals surface area contributed by atoms with Gasteiger partial charge in [-0.05, 0) is 44.2 Å². The van der Waals surface area contributed by atoms with E-state index in [2.05, 4.69) is 75.9 Å². The average molecular weight is 1010 g/mol. The molecule has 3 aliphatic rings. The van der Waals surface area contributed by atoms with Crippen LogP contribution in [0.2, 0.25) is 5.04 Å². The van der Waals surface area contributed by atoms with Crippen LogP contribution in [0.5, 0.6) is 5.75 Å². The molecule has 13 heteroatoms. The molecule has 9 rings (SSSR count). The molecular formula is C60H68O12Si. The fourth-order valence-corrected chi connectivity index (χ4v) is 14.6. The molecule has 0 spiro atoms. The maximum absolute atomic E-state index is 12.6. The van der Waals surface area contributed by atoms with Crippen molar-refractivity contribution in [3.05, 3.63) is 211 Å². The van der Waals surface area contributed by atoms with Gasteiger partial charge in [-0.1, -0.05) is 191 Å². The van der Waals surface area contributed by atoms with Crippen LogP contribution in [0, 0.1) is 0 Å². The highest BCUT2D eigenvalue weighted by molar-refractivity contribution is 6.99. The molecule has 3 fully saturated rings. The third kappa shape index (κ3) is 12.4. The summed E-state index contributed by atoms with van der Waals surface area (Å²) in [4.78, 5) is 0. The van der Waals surface area contributed by atoms with Crippen LogP contribution in [-0.4, -0.2) is 102 Å². The van der Waals surface area contributed by atoms with Gasteiger partial charge in [0.05, 0.1) is 46.8 Å². The summed E-state index contributed by atoms with van der Waals surface area (Å²) in [5, 5.41) is 14.4. The summed E-state index contributed by atoms with van der Waals surface area (Å²) >= 11 is 0. The third-order valence-corrected chi connectivity index (χ3v) is 18.7. The van der Waals surface area contributed by atoms with Crippen LogP contribution in [0.3, 0.4) is 0 Å². The number of hydrogen-bond donors (Lipinski definition) is 1. The molecule has 0 radical (unpaired) electrons. The van der Waals surface area contributed by atoms with Gasteiger partial charge in [0.15, 0.2) is 18.9 Å². The second kappa shape index (κ2) is 24.8. The summed E-state index contributed by atoms with van der Waals surface area (Å²) in [5.74, 6) is 0.721. The predicted molar refractivity (Wildman–Crippen MR) is 280 cm³/mol. The summed E-state index contributed by atoms with van der Waals surface area (Å²) in [6.45, 7) is 11.5. The zero-order chi connectivity index (χ0) is 50.6. The average Bonchev–Trinajstić information content (AvgIpc) is 3.43. The van der Waals surface area contributed by atoms with Crippen molar-refractivity contribution in [2.75, 3.05) is 26.9 Å². The second-order valence-corrected chi connectivity index (χ2v) is 23.9. The SMILES string of the molecule is C=CCO[C@H]1[C@H]2OC(c3ccccc3)OC[C@H]2O[C@@H](O[C@H]2[C@H](OCc3ccccc3)[C@@H](O)[C@H](OCc3ccccc3)O[C@@H]2CO[Si](c2ccccc2)(c2ccccc2)C(C)(C)C)[C@@H]1OCc1ccc(OC)cc1. The lowest BCUT2D eigenvalue weighted by atomic mass is 9.95. The number of rotatable bonds is 21. The summed E-state index contributed by atoms with van der Waals surface area (Å²) in [5.41, 5.74) is 3.56. The first-order chi connectivity index (χ1) is 35.6. The van der Waals surface area contributed by atoms with Gasteiger partial charge in [0.2, 0.25) is 0 Å². The molecule has 1 unspecified atom stereocenters. The van der Waals surface area contributed by atoms with Crippen molar-refractivity contribution in [1.29, 1.82) is 0 Å². The van der Waals surface area contributed by atoms with E-state index < -0.39 is 76.0 Å². The van der Waals surface area contributed by atoms with Crippen LogP contribution >= 0.6 is 0 Å². The molecule has 6 aromatic carbocycles. The van der Waals surface area contributed by atoms with E-state index in [0.717, 1.165) is 38.4 Å². The van der Waals surface area contributed by atoms with Crippen LogP contribution in [0.15, 0.2) is 189 Å². The lowest BCUT2D eigenvalue weighted by Gasteiger charge is -2.51. The van der Waals surface area contributed by atoms with Crippen LogP contribution in [-0.2, 0) is 66.9 Å². The highest BCUT2D eigenvalue weighted by Crippen LogP contribution is 2.41. The summed E-state index contributed by atoms with van der Waals surface area (Å²) in [6, 6.07) is 57.9. The van der Waals surface area contributed by atoms with Crippen LogP contribution < -0.4 is 15.1 Å². The molecule has 0 saturated carbocycles. The van der Waals surface area contributed by atoms with Crippen molar-refractivity contribution in [3.8, 4) is 5.75 Å². The minimum Gasteiger partial charge on any atom is -0.497 e. The molecule has 11 atom stereocenters. The molecule has 73 heavy (non-hydrogen) atoms. The molecule has 0 aliphatic carbocycles. The van der Waals surface area contributed by atoms with E-state index in [1.165, 1.54) is 0 Å². The molecule has 1 N–H and O–H groups in total. The van der Waals surface area contributed by atoms with E-state index in [4.69, 9.17) is 51.8 Å². The zero-order valence-electron chi connectivity index (χ0n) is 42.1. The number of hydrogen-bond acceptors (Lipinski definition) is 12. The Morgan fingerprint density at radius 2 is 1.12 bits per heavy atom. The molecule has 3 aliphatic heterocycles. The monoisotopic (exact) mass is 1010 g/mol. The number of methoxy groups -OCH3 is 1. The van der Waals surface area contributed by atoms with Gasteiger partial charge in [-0.2, -0.15) is 0 Å². The Labute approximate surface area is 430 Å². The maximum atomic E-state index is 12.6. The molecule has 384 valence electrons. The van der Waals surface area contributed by atoms with E-state index in [9.17, 15) is 5.11 Å². The molecule has 0 aromatic heterocycles. The molecule has 0 amide bonds. The second-order valence-electron chi connectivity index (χ2n) is 19.6. The number of ether oxygens (including phenoxy) is 10. The van der Waals surface area contributed by atoms with Crippen molar-refractivity contribution in [2.24, 2.45) is 0 Å². The van der Waals surface area contributed by atoms with E-state index in [-0.39, 0.29) is 44.7 Å². The quantitative estimate of drug-likeness (QED) is 0.0548. The van der Waals surface area contributed by atoms with Crippen molar-refractivity contribution in [2.45, 2.75) is 113 Å². The van der Waals surface area contributed by atoms with Gasteiger partial charge < -0.3 is 56.9 Å². The third-order valence-electron chi connectivity index (χ3n) is 13.7. The lowest BCUT2D eigenvalue weighted by molar-refractivity contribution is -0.394. The van der Waals surface area contributed by atoms with Gasteiger partial charge in [0.1, 0.15) is 54.6 Å². The Kier molecular flexibility index (Phi) is 17.8. The highest BCUT2D eigenvalue weighted by Gasteiger charge is 2.57. The minimum atomic E-state index is -3.18. The summed E-state index contributed by atoms with van der Waals surface area (Å²) in [7, 11) is -1.55. The fourth-order valence-electron chi connectivity index (χ4n) is 10.1. The molecular weight excluding hydrogens is 941 g/mol. The molecule has 6 aromatic rings. The van der Waals surface area contributed by atoms with Gasteiger partial charge in [-0.3, -0.25) is 0 Å². The van der Waals surface area contributed by atoms with Gasteiger partial charge in [-0.15, -0.1) is 6.58 Å². The van der Waals surface area contributed by atoms with Gasteiger partial charge in [0, 0.05) is 5.56 Å². The van der Waals surface area contributed by atoms with Crippen LogP contribution in [0.25, 0.3) is 0 Å². The first kappa shape index (κ1) is 52.5. The molecule has 3 saturated heterocycles. The Hall–Kier alpha value is -5.36. The number of aliphatic hydroxyl groups is 1. The Bertz CT molecular complexity index is 2530. The molecule has 3 heterocycles. The van der Waals surface area contributed by atoms with Crippen molar-refractivity contribution in [1.82, 2.24) is 0 Å². The summed E-state index contributed by atoms with van der Waals surface area (Å²) < 4.78 is 74.7. The fraction of sp³-hybridized carbons (Fsp3) is 0.367. The molecule has 12 nitrogen and oxygen atoms in total. The topological polar surface area (TPSA) is 122 Å². The first-order valence-corrected chi connectivity index (χ1v) is 27.1. The normalized spacial score (nSPS) is 26.4. The van der Waals surface area contributed by atoms with Crippen molar-refractivity contribution < 1.29 is 56.9 Å². The van der Waals surface area contributed by atoms with E-state index in [1.807, 2.05) is 127 Å². The Morgan fingerprint density at radius 3 is 1.68 bits per heavy atom. The van der Waals surface area contributed by atoms with E-state index in [1.54, 1.807) is 13.2 Å². The van der Waals surface area contributed by atoms with E-state index in [0.29, 0.717) is 0 Å². The van der Waals surface area contributed by atoms with Crippen molar-refractivity contribution >= 4 is 18.7 Å². The lowest BCUT2D eigenvalue weighted by Crippen LogP contribution is -2.69. The number of benzene rings is 6. The predicted octanol–water partition coefficient (Wildman–Crippen LogP) is 8.84. The molecule has 0 bridgehead atoms. The van der Waals surface area contributed by atoms with E-state index >= 15 is 0 Å². The summed E-state index contributed by atoms with van der Waals surface area (Å²) in [6.07, 6.45) is -8.56. The van der Waals surface area contributed by atoms with Gasteiger partial charge in [0.25, 0.3) is 8.32 Å². The Morgan fingerprint density at radius 1 is 0.589 bits per heavy atom. The number of fused-ring (bicyclic) bond motifs is 1. The highest BCUT2D eigenvalue weighted by atomic mass is 28.4. The Balaban J connectivity index is 1.12. The van der Waals surface area contributed by atoms with Gasteiger partial charge in [-0.25, -0.2) is 0 Å². The standard InChI is InChI=1S/C60H68O12Si/c1-6-36-63-55-53-49(40-67-57(71-53)45-26-16-9-17-27-45)70-59(56(55)65-38-44-32-34-46(62-5)35-33-44)72-52-50(41-68-73(60(2,3)4,47-28-18-10-19-29-47)48-30-20-11-21-31-48)69-58(66-39-43-24-14-8-15-25-43)51(61)54(52)64-37-42-22-12-7-13-23-42/h6-35,49-59,61H,1,36-41H2,2-5H3/t49-,50-,51-,52-,53+,54-,55+,56-,57?,58-,59+/m1/s1. The number of aliphatic hydroxyl groups excluding tert-OH is 1. The van der Waals surface area contributed by atoms with Crippen LogP contribution in [0.4, 0.5) is 0 Å². The van der Waals surface area contributed by atoms with Gasteiger partial charge >= 0.3 is 0 Å². The zero-order valence-corrected chi connectivity index (χ0v) is 43.1. The minimum absolute atomic E-state index is 0.0264. The smallest absolute Gasteiger partial charge is 0.261 e. The largest absolute Gasteiger partial charge is 0.497 e. The van der Waals surface area contributed by atoms with Crippen LogP contribution in [0.1, 0.15) is 49.3 Å². The first-order valence-electron chi connectivity index (χ1n) is 25.1.